The molecular formula is C28H20N2O6S3. The predicted molar refractivity (Wildman–Crippen MR) is 149 cm³/mol. The lowest BCUT2D eigenvalue weighted by molar-refractivity contribution is -0.134. The van der Waals surface area contributed by atoms with Crippen molar-refractivity contribution < 1.29 is 26.7 Å². The standard InChI is InChI=1S/C28H20N2O6S3/c1-18-9-11-20(12-10-18)39(35,36)30-24-8-3-2-7-22(24)27(23-13-14-37-25(23)16-29)28(30)19-5-4-6-21(15-19)38(33,34)17-26(31)32/h2-15H,17H2,1H3,(H,31,32). The maximum absolute atomic E-state index is 14.2. The van der Waals surface area contributed by atoms with Crippen LogP contribution in [0.15, 0.2) is 94.0 Å². The Bertz CT molecular complexity index is 2010. The van der Waals surface area contributed by atoms with Crippen LogP contribution in [0.25, 0.3) is 33.3 Å². The number of thiophene rings is 1. The lowest BCUT2D eigenvalue weighted by atomic mass is 9.99. The van der Waals surface area contributed by atoms with E-state index in [1.54, 1.807) is 53.9 Å². The smallest absolute Gasteiger partial charge is 0.319 e. The highest BCUT2D eigenvalue weighted by molar-refractivity contribution is 7.92. The number of carboxylic acid groups (broad SMARTS) is 1. The molecule has 0 radical (unpaired) electrons. The van der Waals surface area contributed by atoms with E-state index in [9.17, 15) is 26.9 Å². The van der Waals surface area contributed by atoms with E-state index in [0.29, 0.717) is 26.9 Å². The van der Waals surface area contributed by atoms with Crippen LogP contribution in [0.3, 0.4) is 0 Å². The lowest BCUT2D eigenvalue weighted by Crippen LogP contribution is -2.16. The Morgan fingerprint density at radius 2 is 1.67 bits per heavy atom. The summed E-state index contributed by atoms with van der Waals surface area (Å²) >= 11 is 1.20. The highest BCUT2D eigenvalue weighted by Gasteiger charge is 2.30. The Kier molecular flexibility index (Phi) is 6.64. The van der Waals surface area contributed by atoms with Gasteiger partial charge >= 0.3 is 5.97 Å². The van der Waals surface area contributed by atoms with Gasteiger partial charge in [-0.05, 0) is 48.7 Å². The molecule has 0 atom stereocenters. The molecule has 11 heteroatoms. The number of nitriles is 1. The lowest BCUT2D eigenvalue weighted by Gasteiger charge is -2.15. The van der Waals surface area contributed by atoms with E-state index in [1.165, 1.54) is 45.6 Å². The van der Waals surface area contributed by atoms with Gasteiger partial charge < -0.3 is 5.11 Å². The Labute approximate surface area is 229 Å². The summed E-state index contributed by atoms with van der Waals surface area (Å²) in [4.78, 5) is 11.3. The number of hydrogen-bond donors (Lipinski definition) is 1. The monoisotopic (exact) mass is 576 g/mol. The molecule has 0 spiro atoms. The van der Waals surface area contributed by atoms with Crippen molar-refractivity contribution in [2.24, 2.45) is 0 Å². The summed E-state index contributed by atoms with van der Waals surface area (Å²) in [6, 6.07) is 22.7. The number of rotatable bonds is 7. The van der Waals surface area contributed by atoms with E-state index < -0.39 is 31.6 Å². The van der Waals surface area contributed by atoms with E-state index in [1.807, 2.05) is 6.92 Å². The molecule has 0 bridgehead atoms. The van der Waals surface area contributed by atoms with Crippen molar-refractivity contribution >= 4 is 48.1 Å². The molecule has 0 amide bonds. The molecule has 5 aromatic rings. The fraction of sp³-hybridized carbons (Fsp3) is 0.0714. The van der Waals surface area contributed by atoms with Crippen molar-refractivity contribution in [3.8, 4) is 28.5 Å². The van der Waals surface area contributed by atoms with Crippen LogP contribution in [0, 0.1) is 18.3 Å². The molecule has 1 N–H and O–H groups in total. The van der Waals surface area contributed by atoms with Crippen LogP contribution in [-0.2, 0) is 24.7 Å². The molecule has 0 saturated heterocycles. The van der Waals surface area contributed by atoms with Crippen LogP contribution in [-0.4, -0.2) is 37.6 Å². The molecule has 2 heterocycles. The summed E-state index contributed by atoms with van der Waals surface area (Å²) in [6.07, 6.45) is 0. The Balaban J connectivity index is 1.93. The van der Waals surface area contributed by atoms with E-state index >= 15 is 0 Å². The van der Waals surface area contributed by atoms with Crippen LogP contribution in [0.1, 0.15) is 10.4 Å². The minimum absolute atomic E-state index is 0.0298. The zero-order chi connectivity index (χ0) is 27.9. The van der Waals surface area contributed by atoms with Crippen molar-refractivity contribution in [3.05, 3.63) is 94.7 Å². The second kappa shape index (κ2) is 9.81. The highest BCUT2D eigenvalue weighted by atomic mass is 32.2. The Morgan fingerprint density at radius 1 is 0.949 bits per heavy atom. The Morgan fingerprint density at radius 3 is 2.36 bits per heavy atom. The molecule has 0 fully saturated rings. The maximum atomic E-state index is 14.2. The van der Waals surface area contributed by atoms with Gasteiger partial charge in [0, 0.05) is 22.1 Å². The third-order valence-corrected chi connectivity index (χ3v) is 10.4. The molecule has 5 rings (SSSR count). The number of aromatic nitrogens is 1. The number of nitrogens with zero attached hydrogens (tertiary/aromatic N) is 2. The van der Waals surface area contributed by atoms with E-state index in [4.69, 9.17) is 5.11 Å². The van der Waals surface area contributed by atoms with Crippen LogP contribution in [0.5, 0.6) is 0 Å². The first-order valence-corrected chi connectivity index (χ1v) is 15.5. The van der Waals surface area contributed by atoms with Gasteiger partial charge in [0.2, 0.25) is 0 Å². The zero-order valence-corrected chi connectivity index (χ0v) is 22.8. The first-order chi connectivity index (χ1) is 18.5. The van der Waals surface area contributed by atoms with Crippen molar-refractivity contribution in [3.63, 3.8) is 0 Å². The molecule has 8 nitrogen and oxygen atoms in total. The van der Waals surface area contributed by atoms with E-state index in [-0.39, 0.29) is 21.0 Å². The van der Waals surface area contributed by atoms with Gasteiger partial charge in [-0.15, -0.1) is 11.3 Å². The molecule has 39 heavy (non-hydrogen) atoms. The number of fused-ring (bicyclic) bond motifs is 1. The van der Waals surface area contributed by atoms with Crippen LogP contribution in [0.4, 0.5) is 0 Å². The SMILES string of the molecule is Cc1ccc(S(=O)(=O)n2c(-c3cccc(S(=O)(=O)CC(=O)O)c3)c(-c3ccsc3C#N)c3ccccc32)cc1. The quantitative estimate of drug-likeness (QED) is 0.277. The van der Waals surface area contributed by atoms with Gasteiger partial charge in [0.1, 0.15) is 10.9 Å². The second-order valence-electron chi connectivity index (χ2n) is 8.78. The van der Waals surface area contributed by atoms with Crippen molar-refractivity contribution in [1.82, 2.24) is 3.97 Å². The van der Waals surface area contributed by atoms with Gasteiger partial charge in [-0.3, -0.25) is 4.79 Å². The fourth-order valence-electron chi connectivity index (χ4n) is 4.49. The summed E-state index contributed by atoms with van der Waals surface area (Å²) in [6.45, 7) is 1.84. The molecular weight excluding hydrogens is 557 g/mol. The number of aryl methyl sites for hydroxylation is 1. The van der Waals surface area contributed by atoms with Gasteiger partial charge in [-0.2, -0.15) is 5.26 Å². The summed E-state index contributed by atoms with van der Waals surface area (Å²) in [5.74, 6) is -2.62. The summed E-state index contributed by atoms with van der Waals surface area (Å²) in [5.41, 5.74) is 2.58. The molecule has 3 aromatic carbocycles. The van der Waals surface area contributed by atoms with Crippen LogP contribution in [0.2, 0.25) is 0 Å². The summed E-state index contributed by atoms with van der Waals surface area (Å²) < 4.78 is 55.2. The van der Waals surface area contributed by atoms with Crippen molar-refractivity contribution in [2.45, 2.75) is 16.7 Å². The maximum Gasteiger partial charge on any atom is 0.319 e. The van der Waals surface area contributed by atoms with Crippen LogP contribution < -0.4 is 0 Å². The predicted octanol–water partition coefficient (Wildman–Crippen LogP) is 5.31. The van der Waals surface area contributed by atoms with Gasteiger partial charge in [0.05, 0.1) is 21.0 Å². The van der Waals surface area contributed by atoms with Gasteiger partial charge in [0.15, 0.2) is 15.6 Å². The minimum atomic E-state index is -4.22. The fourth-order valence-corrected chi connectivity index (χ4v) is 7.81. The average molecular weight is 577 g/mol. The summed E-state index contributed by atoms with van der Waals surface area (Å²) in [7, 11) is -8.44. The second-order valence-corrected chi connectivity index (χ2v) is 13.5. The van der Waals surface area contributed by atoms with E-state index in [2.05, 4.69) is 6.07 Å². The van der Waals surface area contributed by atoms with Gasteiger partial charge in [-0.1, -0.05) is 48.0 Å². The van der Waals surface area contributed by atoms with Crippen molar-refractivity contribution in [1.29, 1.82) is 5.26 Å². The van der Waals surface area contributed by atoms with Crippen molar-refractivity contribution in [2.75, 3.05) is 5.75 Å². The molecule has 2 aromatic heterocycles. The number of benzene rings is 3. The highest BCUT2D eigenvalue weighted by Crippen LogP contribution is 2.45. The molecule has 0 aliphatic heterocycles. The molecule has 0 aliphatic carbocycles. The number of hydrogen-bond acceptors (Lipinski definition) is 7. The Hall–Kier alpha value is -4.24. The van der Waals surface area contributed by atoms with Gasteiger partial charge in [0.25, 0.3) is 10.0 Å². The first-order valence-electron chi connectivity index (χ1n) is 11.5. The largest absolute Gasteiger partial charge is 0.480 e. The summed E-state index contributed by atoms with van der Waals surface area (Å²) in [5, 5.41) is 21.2. The first kappa shape index (κ1) is 26.4. The zero-order valence-electron chi connectivity index (χ0n) is 20.4. The van der Waals surface area contributed by atoms with E-state index in [0.717, 1.165) is 5.56 Å². The third kappa shape index (κ3) is 4.63. The minimum Gasteiger partial charge on any atom is -0.480 e. The number of aliphatic carboxylic acids is 1. The average Bonchev–Trinajstić information content (AvgIpc) is 3.50. The number of para-hydroxylation sites is 1. The molecule has 0 unspecified atom stereocenters. The molecule has 0 saturated carbocycles. The van der Waals surface area contributed by atoms with Crippen LogP contribution >= 0.6 is 11.3 Å². The third-order valence-electron chi connectivity index (χ3n) is 6.21. The normalized spacial score (nSPS) is 11.9. The topological polar surface area (TPSA) is 134 Å². The molecule has 0 aliphatic rings. The number of sulfone groups is 1. The number of carboxylic acids is 1. The number of carbonyl (C=O) groups is 1. The van der Waals surface area contributed by atoms with Gasteiger partial charge in [-0.25, -0.2) is 20.8 Å². The molecule has 196 valence electrons.